The molecule has 0 aromatic carbocycles. The number of phosphoric acid groups is 1. The van der Waals surface area contributed by atoms with Gasteiger partial charge in [0.15, 0.2) is 0 Å². The van der Waals surface area contributed by atoms with E-state index >= 15 is 0 Å². The molecule has 0 saturated heterocycles. The first-order valence-electron chi connectivity index (χ1n) is 9.94. The fourth-order valence-electron chi connectivity index (χ4n) is 2.41. The van der Waals surface area contributed by atoms with Crippen molar-refractivity contribution in [3.63, 3.8) is 0 Å². The quantitative estimate of drug-likeness (QED) is 0.0825. The Morgan fingerprint density at radius 3 is 1.64 bits per heavy atom. The normalized spacial score (nSPS) is 11.2. The highest BCUT2D eigenvalue weighted by atomic mass is 31.2. The summed E-state index contributed by atoms with van der Waals surface area (Å²) < 4.78 is 8.88. The van der Waals surface area contributed by atoms with Crippen LogP contribution in [0.4, 0.5) is 0 Å². The third kappa shape index (κ3) is 40.2. The summed E-state index contributed by atoms with van der Waals surface area (Å²) in [6, 6.07) is 0. The largest absolute Gasteiger partial charge is 0.466 e. The Bertz CT molecular complexity index is 353. The molecule has 0 aromatic rings. The standard InChI is InChI=1S/C18H36O5.H3O4P/c1-4-19-21-23-22-20-17-15-13-11-9-7-5-6-8-10-12-14-16-18(2)3;1-5(2,3)4/h4,18H,1,5-17H2,2-3H3;(H3,1,2,3,4). The Balaban J connectivity index is 0. The molecule has 0 bridgehead atoms. The van der Waals surface area contributed by atoms with Crippen molar-refractivity contribution in [3.8, 4) is 0 Å². The van der Waals surface area contributed by atoms with Crippen LogP contribution in [0.5, 0.6) is 0 Å². The molecule has 0 aliphatic rings. The van der Waals surface area contributed by atoms with E-state index in [2.05, 4.69) is 40.4 Å². The van der Waals surface area contributed by atoms with E-state index in [1.54, 1.807) is 0 Å². The van der Waals surface area contributed by atoms with Gasteiger partial charge in [0, 0.05) is 10.1 Å². The van der Waals surface area contributed by atoms with Crippen LogP contribution in [0.25, 0.3) is 0 Å². The van der Waals surface area contributed by atoms with Crippen molar-refractivity contribution in [1.82, 2.24) is 0 Å². The summed E-state index contributed by atoms with van der Waals surface area (Å²) in [7, 11) is -4.64. The van der Waals surface area contributed by atoms with Crippen LogP contribution in [-0.2, 0) is 29.5 Å². The van der Waals surface area contributed by atoms with Gasteiger partial charge in [0.1, 0.15) is 6.26 Å². The van der Waals surface area contributed by atoms with Crippen LogP contribution < -0.4 is 0 Å². The highest BCUT2D eigenvalue weighted by Crippen LogP contribution is 2.25. The molecule has 170 valence electrons. The minimum Gasteiger partial charge on any atom is -0.315 e. The second-order valence-corrected chi connectivity index (χ2v) is 7.90. The number of hydrogen-bond donors (Lipinski definition) is 3. The van der Waals surface area contributed by atoms with E-state index in [9.17, 15) is 0 Å². The van der Waals surface area contributed by atoms with Gasteiger partial charge in [0.05, 0.1) is 6.61 Å². The number of unbranched alkanes of at least 4 members (excludes halogenated alkanes) is 10. The van der Waals surface area contributed by atoms with E-state index < -0.39 is 7.82 Å². The highest BCUT2D eigenvalue weighted by molar-refractivity contribution is 7.45. The van der Waals surface area contributed by atoms with Crippen LogP contribution in [0.3, 0.4) is 0 Å². The number of rotatable bonds is 19. The van der Waals surface area contributed by atoms with Gasteiger partial charge in [0.2, 0.25) is 0 Å². The molecular formula is C18H39O9P. The van der Waals surface area contributed by atoms with Crippen molar-refractivity contribution in [3.05, 3.63) is 12.8 Å². The Labute approximate surface area is 168 Å². The fraction of sp³-hybridized carbons (Fsp3) is 0.889. The maximum Gasteiger partial charge on any atom is 0.466 e. The Hall–Kier alpha value is -0.510. The molecule has 9 nitrogen and oxygen atoms in total. The summed E-state index contributed by atoms with van der Waals surface area (Å²) >= 11 is 0. The molecule has 0 aromatic heterocycles. The van der Waals surface area contributed by atoms with Gasteiger partial charge >= 0.3 is 7.82 Å². The molecule has 0 saturated carbocycles. The van der Waals surface area contributed by atoms with Crippen LogP contribution >= 0.6 is 7.82 Å². The molecule has 0 radical (unpaired) electrons. The topological polar surface area (TPSA) is 124 Å². The van der Waals surface area contributed by atoms with Gasteiger partial charge in [0.25, 0.3) is 0 Å². The van der Waals surface area contributed by atoms with E-state index in [4.69, 9.17) is 24.1 Å². The average molecular weight is 430 g/mol. The van der Waals surface area contributed by atoms with Crippen molar-refractivity contribution >= 4 is 7.82 Å². The van der Waals surface area contributed by atoms with Gasteiger partial charge in [-0.1, -0.05) is 91.1 Å². The maximum atomic E-state index is 8.88. The van der Waals surface area contributed by atoms with Crippen molar-refractivity contribution < 1.29 is 44.1 Å². The molecule has 0 fully saturated rings. The molecule has 0 aliphatic heterocycles. The summed E-state index contributed by atoms with van der Waals surface area (Å²) in [6.07, 6.45) is 16.8. The molecule has 0 spiro atoms. The molecule has 0 rings (SSSR count). The zero-order chi connectivity index (χ0) is 21.5. The van der Waals surface area contributed by atoms with Crippen LogP contribution in [0.1, 0.15) is 90.9 Å². The van der Waals surface area contributed by atoms with E-state index in [1.165, 1.54) is 64.2 Å². The highest BCUT2D eigenvalue weighted by Gasteiger charge is 2.00. The van der Waals surface area contributed by atoms with Crippen molar-refractivity contribution in [2.45, 2.75) is 90.9 Å². The maximum absolute atomic E-state index is 8.88. The van der Waals surface area contributed by atoms with Crippen molar-refractivity contribution in [2.75, 3.05) is 6.61 Å². The third-order valence-electron chi connectivity index (χ3n) is 3.72. The summed E-state index contributed by atoms with van der Waals surface area (Å²) in [5.41, 5.74) is 0. The van der Waals surface area contributed by atoms with Crippen molar-refractivity contribution in [1.29, 1.82) is 0 Å². The summed E-state index contributed by atoms with van der Waals surface area (Å²) in [5, 5.41) is 12.4. The van der Waals surface area contributed by atoms with Crippen molar-refractivity contribution in [2.24, 2.45) is 5.92 Å². The first-order chi connectivity index (χ1) is 13.3. The molecule has 0 atom stereocenters. The Morgan fingerprint density at radius 1 is 0.786 bits per heavy atom. The lowest BCUT2D eigenvalue weighted by Gasteiger charge is -2.04. The molecule has 0 heterocycles. The lowest BCUT2D eigenvalue weighted by molar-refractivity contribution is -0.700. The predicted molar refractivity (Wildman–Crippen MR) is 105 cm³/mol. The number of hydrogen-bond acceptors (Lipinski definition) is 6. The summed E-state index contributed by atoms with van der Waals surface area (Å²) in [4.78, 5) is 30.5. The Kier molecular flexibility index (Phi) is 24.1. The SMILES string of the molecule is C=COOOOOCCCCCCCCCCCCCC(C)C.O=P(O)(O)O. The average Bonchev–Trinajstić information content (AvgIpc) is 2.59. The lowest BCUT2D eigenvalue weighted by atomic mass is 10.0. The van der Waals surface area contributed by atoms with Crippen LogP contribution in [0, 0.1) is 5.92 Å². The minimum absolute atomic E-state index is 0.480. The van der Waals surface area contributed by atoms with Crippen LogP contribution in [0.2, 0.25) is 0 Å². The van der Waals surface area contributed by atoms with Crippen LogP contribution in [0.15, 0.2) is 12.8 Å². The van der Waals surface area contributed by atoms with Gasteiger partial charge in [-0.3, -0.25) is 0 Å². The summed E-state index contributed by atoms with van der Waals surface area (Å²) in [6.45, 7) is 8.35. The van der Waals surface area contributed by atoms with Gasteiger partial charge in [-0.2, -0.15) is 0 Å². The Morgan fingerprint density at radius 2 is 1.21 bits per heavy atom. The van der Waals surface area contributed by atoms with E-state index in [1.807, 2.05) is 0 Å². The minimum atomic E-state index is -4.64. The van der Waals surface area contributed by atoms with Gasteiger partial charge in [-0.05, 0) is 17.4 Å². The van der Waals surface area contributed by atoms with Crippen LogP contribution in [-0.4, -0.2) is 21.3 Å². The molecule has 10 heteroatoms. The lowest BCUT2D eigenvalue weighted by Crippen LogP contribution is -1.99. The fourth-order valence-corrected chi connectivity index (χ4v) is 2.41. The third-order valence-corrected chi connectivity index (χ3v) is 3.72. The van der Waals surface area contributed by atoms with Gasteiger partial charge in [-0.15, -0.1) is 0 Å². The molecule has 0 aliphatic carbocycles. The van der Waals surface area contributed by atoms with E-state index in [-0.39, 0.29) is 0 Å². The zero-order valence-corrected chi connectivity index (χ0v) is 18.2. The monoisotopic (exact) mass is 430 g/mol. The van der Waals surface area contributed by atoms with Gasteiger partial charge < -0.3 is 19.6 Å². The second kappa shape index (κ2) is 22.8. The molecule has 3 N–H and O–H groups in total. The predicted octanol–water partition coefficient (Wildman–Crippen LogP) is 5.28. The first kappa shape index (κ1) is 29.7. The molecular weight excluding hydrogens is 391 g/mol. The zero-order valence-electron chi connectivity index (χ0n) is 17.3. The molecule has 28 heavy (non-hydrogen) atoms. The van der Waals surface area contributed by atoms with E-state index in [0.29, 0.717) is 6.61 Å². The second-order valence-electron chi connectivity index (χ2n) is 6.87. The molecule has 0 amide bonds. The smallest absolute Gasteiger partial charge is 0.315 e. The summed E-state index contributed by atoms with van der Waals surface area (Å²) in [5.74, 6) is 0.860. The van der Waals surface area contributed by atoms with Gasteiger partial charge in [-0.25, -0.2) is 9.45 Å². The molecule has 0 unspecified atom stereocenters. The van der Waals surface area contributed by atoms with E-state index in [0.717, 1.165) is 25.0 Å². The first-order valence-corrected chi connectivity index (χ1v) is 11.5.